The van der Waals surface area contributed by atoms with Crippen LogP contribution in [0.4, 0.5) is 5.82 Å². The number of aryl methyl sites for hydroxylation is 2. The van der Waals surface area contributed by atoms with E-state index in [1.165, 1.54) is 17.7 Å². The number of piperazine rings is 1. The minimum absolute atomic E-state index is 0.282. The SMILES string of the molecule is CC(C)CC(=O)N1CCN(c2cc3c(nn2)CCC3)CC1. The van der Waals surface area contributed by atoms with Gasteiger partial charge in [0.25, 0.3) is 0 Å². The summed E-state index contributed by atoms with van der Waals surface area (Å²) in [5.41, 5.74) is 2.53. The van der Waals surface area contributed by atoms with Crippen LogP contribution in [0.25, 0.3) is 0 Å². The molecule has 0 aromatic carbocycles. The van der Waals surface area contributed by atoms with Crippen LogP contribution in [0.3, 0.4) is 0 Å². The van der Waals surface area contributed by atoms with Crippen LogP contribution in [-0.2, 0) is 17.6 Å². The lowest BCUT2D eigenvalue weighted by atomic mass is 10.1. The van der Waals surface area contributed by atoms with Crippen LogP contribution in [0.2, 0.25) is 0 Å². The van der Waals surface area contributed by atoms with E-state index in [4.69, 9.17) is 0 Å². The van der Waals surface area contributed by atoms with Crippen molar-refractivity contribution in [2.75, 3.05) is 31.1 Å². The predicted molar refractivity (Wildman–Crippen MR) is 82.3 cm³/mol. The topological polar surface area (TPSA) is 49.3 Å². The van der Waals surface area contributed by atoms with E-state index in [9.17, 15) is 4.79 Å². The zero-order valence-corrected chi connectivity index (χ0v) is 13.0. The molecule has 21 heavy (non-hydrogen) atoms. The summed E-state index contributed by atoms with van der Waals surface area (Å²) in [6.45, 7) is 7.49. The fourth-order valence-electron chi connectivity index (χ4n) is 3.13. The number of carbonyl (C=O) groups is 1. The van der Waals surface area contributed by atoms with Crippen molar-refractivity contribution in [2.24, 2.45) is 5.92 Å². The number of nitrogens with zero attached hydrogens (tertiary/aromatic N) is 4. The van der Waals surface area contributed by atoms with Crippen molar-refractivity contribution >= 4 is 11.7 Å². The van der Waals surface area contributed by atoms with Gasteiger partial charge in [0.15, 0.2) is 5.82 Å². The Morgan fingerprint density at radius 1 is 1.19 bits per heavy atom. The number of carbonyl (C=O) groups excluding carboxylic acids is 1. The number of hydrogen-bond acceptors (Lipinski definition) is 4. The van der Waals surface area contributed by atoms with Gasteiger partial charge in [-0.05, 0) is 36.8 Å². The molecule has 1 amide bonds. The number of amides is 1. The number of rotatable bonds is 3. The molecular formula is C16H24N4O. The van der Waals surface area contributed by atoms with Crippen molar-refractivity contribution in [3.05, 3.63) is 17.3 Å². The Labute approximate surface area is 126 Å². The van der Waals surface area contributed by atoms with E-state index in [2.05, 4.69) is 35.0 Å². The number of anilines is 1. The van der Waals surface area contributed by atoms with Crippen molar-refractivity contribution in [3.63, 3.8) is 0 Å². The third-order valence-corrected chi connectivity index (χ3v) is 4.35. The Balaban J connectivity index is 1.59. The highest BCUT2D eigenvalue weighted by molar-refractivity contribution is 5.76. The first-order chi connectivity index (χ1) is 10.1. The molecule has 0 radical (unpaired) electrons. The number of fused-ring (bicyclic) bond motifs is 1. The molecule has 5 nitrogen and oxygen atoms in total. The van der Waals surface area contributed by atoms with Gasteiger partial charge in [0.2, 0.25) is 5.91 Å². The van der Waals surface area contributed by atoms with Crippen LogP contribution in [0.5, 0.6) is 0 Å². The van der Waals surface area contributed by atoms with Gasteiger partial charge in [-0.1, -0.05) is 13.8 Å². The minimum atomic E-state index is 0.282. The first kappa shape index (κ1) is 14.3. The van der Waals surface area contributed by atoms with Gasteiger partial charge < -0.3 is 9.80 Å². The molecule has 1 saturated heterocycles. The summed E-state index contributed by atoms with van der Waals surface area (Å²) in [7, 11) is 0. The molecule has 0 unspecified atom stereocenters. The lowest BCUT2D eigenvalue weighted by Gasteiger charge is -2.35. The molecule has 2 heterocycles. The van der Waals surface area contributed by atoms with E-state index in [0.29, 0.717) is 12.3 Å². The molecule has 114 valence electrons. The van der Waals surface area contributed by atoms with Gasteiger partial charge in [0, 0.05) is 32.6 Å². The summed E-state index contributed by atoms with van der Waals surface area (Å²) in [4.78, 5) is 16.3. The van der Waals surface area contributed by atoms with Gasteiger partial charge in [-0.3, -0.25) is 4.79 Å². The second kappa shape index (κ2) is 6.00. The quantitative estimate of drug-likeness (QED) is 0.849. The standard InChI is InChI=1S/C16H24N4O/c1-12(2)10-16(21)20-8-6-19(7-9-20)15-11-13-4-3-5-14(13)17-18-15/h11-12H,3-10H2,1-2H3. The molecule has 5 heteroatoms. The molecule has 0 spiro atoms. The largest absolute Gasteiger partial charge is 0.352 e. The van der Waals surface area contributed by atoms with Crippen LogP contribution < -0.4 is 4.90 Å². The molecule has 0 N–H and O–H groups in total. The maximum Gasteiger partial charge on any atom is 0.222 e. The van der Waals surface area contributed by atoms with Gasteiger partial charge in [-0.25, -0.2) is 0 Å². The first-order valence-electron chi connectivity index (χ1n) is 8.01. The molecule has 3 rings (SSSR count). The monoisotopic (exact) mass is 288 g/mol. The summed E-state index contributed by atoms with van der Waals surface area (Å²) in [5, 5.41) is 8.72. The molecule has 2 aliphatic rings. The molecule has 0 atom stereocenters. The lowest BCUT2D eigenvalue weighted by Crippen LogP contribution is -2.49. The van der Waals surface area contributed by atoms with Crippen LogP contribution in [0.1, 0.15) is 37.9 Å². The fraction of sp³-hybridized carbons (Fsp3) is 0.688. The Hall–Kier alpha value is -1.65. The smallest absolute Gasteiger partial charge is 0.222 e. The highest BCUT2D eigenvalue weighted by Gasteiger charge is 2.23. The molecule has 1 aliphatic heterocycles. The van der Waals surface area contributed by atoms with E-state index < -0.39 is 0 Å². The van der Waals surface area contributed by atoms with E-state index in [1.807, 2.05) is 4.90 Å². The minimum Gasteiger partial charge on any atom is -0.352 e. The molecular weight excluding hydrogens is 264 g/mol. The Morgan fingerprint density at radius 2 is 1.95 bits per heavy atom. The molecule has 1 aromatic heterocycles. The first-order valence-corrected chi connectivity index (χ1v) is 8.01. The molecule has 1 aliphatic carbocycles. The molecule has 0 saturated carbocycles. The van der Waals surface area contributed by atoms with Gasteiger partial charge in [-0.2, -0.15) is 5.10 Å². The van der Waals surface area contributed by atoms with Crippen molar-refractivity contribution in [3.8, 4) is 0 Å². The summed E-state index contributed by atoms with van der Waals surface area (Å²) in [5.74, 6) is 1.69. The average molecular weight is 288 g/mol. The Bertz CT molecular complexity index is 521. The summed E-state index contributed by atoms with van der Waals surface area (Å²) < 4.78 is 0. The number of hydrogen-bond donors (Lipinski definition) is 0. The van der Waals surface area contributed by atoms with E-state index >= 15 is 0 Å². The third-order valence-electron chi connectivity index (χ3n) is 4.35. The predicted octanol–water partition coefficient (Wildman–Crippen LogP) is 1.66. The molecule has 1 fully saturated rings. The van der Waals surface area contributed by atoms with Gasteiger partial charge in [0.1, 0.15) is 0 Å². The van der Waals surface area contributed by atoms with E-state index in [-0.39, 0.29) is 5.91 Å². The summed E-state index contributed by atoms with van der Waals surface area (Å²) >= 11 is 0. The van der Waals surface area contributed by atoms with Crippen LogP contribution >= 0.6 is 0 Å². The van der Waals surface area contributed by atoms with Crippen LogP contribution in [0, 0.1) is 5.92 Å². The van der Waals surface area contributed by atoms with Crippen molar-refractivity contribution < 1.29 is 4.79 Å². The zero-order chi connectivity index (χ0) is 14.8. The Kier molecular flexibility index (Phi) is 4.08. The average Bonchev–Trinajstić information content (AvgIpc) is 2.94. The summed E-state index contributed by atoms with van der Waals surface area (Å²) in [6, 6.07) is 2.20. The zero-order valence-electron chi connectivity index (χ0n) is 13.0. The van der Waals surface area contributed by atoms with Gasteiger partial charge in [-0.15, -0.1) is 5.10 Å². The van der Waals surface area contributed by atoms with E-state index in [0.717, 1.165) is 44.8 Å². The second-order valence-electron chi connectivity index (χ2n) is 6.49. The van der Waals surface area contributed by atoms with Gasteiger partial charge in [0.05, 0.1) is 5.69 Å². The second-order valence-corrected chi connectivity index (χ2v) is 6.49. The van der Waals surface area contributed by atoms with Crippen molar-refractivity contribution in [2.45, 2.75) is 39.5 Å². The maximum absolute atomic E-state index is 12.1. The molecule has 0 bridgehead atoms. The molecule has 1 aromatic rings. The third kappa shape index (κ3) is 3.17. The van der Waals surface area contributed by atoms with Crippen molar-refractivity contribution in [1.29, 1.82) is 0 Å². The highest BCUT2D eigenvalue weighted by Crippen LogP contribution is 2.23. The van der Waals surface area contributed by atoms with Crippen molar-refractivity contribution in [1.82, 2.24) is 15.1 Å². The normalized spacial score (nSPS) is 18.2. The van der Waals surface area contributed by atoms with E-state index in [1.54, 1.807) is 0 Å². The van der Waals surface area contributed by atoms with Gasteiger partial charge >= 0.3 is 0 Å². The maximum atomic E-state index is 12.1. The lowest BCUT2D eigenvalue weighted by molar-refractivity contribution is -0.132. The highest BCUT2D eigenvalue weighted by atomic mass is 16.2. The van der Waals surface area contributed by atoms with Crippen LogP contribution in [-0.4, -0.2) is 47.2 Å². The summed E-state index contributed by atoms with van der Waals surface area (Å²) in [6.07, 6.45) is 4.05. The number of aromatic nitrogens is 2. The fourth-order valence-corrected chi connectivity index (χ4v) is 3.13. The van der Waals surface area contributed by atoms with Crippen LogP contribution in [0.15, 0.2) is 6.07 Å². The Morgan fingerprint density at radius 3 is 2.67 bits per heavy atom.